The Morgan fingerprint density at radius 2 is 1.00 bits per heavy atom. The maximum Gasteiger partial charge on any atom is 0.707 e. The number of benzene rings is 1. The molecule has 0 radical (unpaired) electrons. The van der Waals surface area contributed by atoms with Gasteiger partial charge in [0.2, 0.25) is 0 Å². The largest absolute Gasteiger partial charge is 0.707 e. The van der Waals surface area contributed by atoms with Crippen LogP contribution in [-0.4, -0.2) is 42.1 Å². The molecule has 0 amide bonds. The van der Waals surface area contributed by atoms with E-state index in [9.17, 15) is 0 Å². The zero-order valence-electron chi connectivity index (χ0n) is 25.7. The van der Waals surface area contributed by atoms with Crippen molar-refractivity contribution in [2.24, 2.45) is 35.0 Å². The second-order valence-electron chi connectivity index (χ2n) is 9.87. The first kappa shape index (κ1) is 41.2. The fourth-order valence-corrected chi connectivity index (χ4v) is 3.61. The van der Waals surface area contributed by atoms with E-state index in [2.05, 4.69) is 46.2 Å². The highest BCUT2D eigenvalue weighted by molar-refractivity contribution is 6.33. The van der Waals surface area contributed by atoms with Gasteiger partial charge in [-0.2, -0.15) is 0 Å². The Balaban J connectivity index is -0.000000432. The van der Waals surface area contributed by atoms with E-state index in [1.54, 1.807) is 12.1 Å². The summed E-state index contributed by atoms with van der Waals surface area (Å²) in [5, 5.41) is 25.7. The Bertz CT molecular complexity index is 532. The maximum absolute atomic E-state index is 9.01. The molecule has 0 aliphatic rings. The lowest BCUT2D eigenvalue weighted by molar-refractivity contribution is 0.281. The van der Waals surface area contributed by atoms with Crippen LogP contribution in [0.2, 0.25) is 0 Å². The minimum absolute atomic E-state index is 0.0440. The van der Waals surface area contributed by atoms with Crippen LogP contribution in [0.25, 0.3) is 0 Å². The van der Waals surface area contributed by atoms with Crippen molar-refractivity contribution in [1.29, 1.82) is 0 Å². The molecule has 0 aliphatic heterocycles. The van der Waals surface area contributed by atoms with E-state index < -0.39 is 7.32 Å². The number of unbranched alkanes of at least 4 members (excludes halogenated alkanes) is 3. The zero-order valence-corrected chi connectivity index (χ0v) is 25.7. The summed E-state index contributed by atoms with van der Waals surface area (Å²) in [4.78, 5) is 0. The van der Waals surface area contributed by atoms with E-state index in [4.69, 9.17) is 32.4 Å². The first-order valence-electron chi connectivity index (χ1n) is 15.1. The van der Waals surface area contributed by atoms with Crippen molar-refractivity contribution in [3.63, 3.8) is 0 Å². The normalized spacial score (nSPS) is 12.4. The molecule has 0 fully saturated rings. The number of phenolic OH excluding ortho intramolecular Hbond substituents is 1. The van der Waals surface area contributed by atoms with Gasteiger partial charge in [-0.1, -0.05) is 111 Å². The monoisotopic (exact) mass is 541 g/mol. The number of hydrogen-bond donors (Lipinski definition) is 6. The van der Waals surface area contributed by atoms with Crippen LogP contribution in [0.1, 0.15) is 119 Å². The van der Waals surface area contributed by atoms with Gasteiger partial charge in [0.15, 0.2) is 5.75 Å². The zero-order chi connectivity index (χ0) is 29.6. The van der Waals surface area contributed by atoms with Crippen molar-refractivity contribution < 1.29 is 19.8 Å². The van der Waals surface area contributed by atoms with Crippen molar-refractivity contribution >= 4 is 7.32 Å². The van der Waals surface area contributed by atoms with Crippen LogP contribution < -0.4 is 21.9 Å². The average Bonchev–Trinajstić information content (AvgIpc) is 2.93. The summed E-state index contributed by atoms with van der Waals surface area (Å²) >= 11 is 0. The number of nitrogens with two attached hydrogens (primary N) is 3. The minimum atomic E-state index is -1.90. The van der Waals surface area contributed by atoms with Gasteiger partial charge >= 0.3 is 7.32 Å². The standard InChI is InChI=1S/3C8H19N.C6H7BO4/c3*1-3-5-6-8(4-2)7-9;8-5-3-1-2-4-6(5)11-7(9)10/h3*8H,3-7,9H2,1-2H3;1-4,8-10H. The lowest BCUT2D eigenvalue weighted by atomic mass is 10.00. The van der Waals surface area contributed by atoms with Crippen molar-refractivity contribution in [2.75, 3.05) is 19.6 Å². The SMILES string of the molecule is CCCCC(CC)CN.CCCCC(CC)CN.CCCCC(CC)CN.OB(O)Oc1ccccc1O. The molecular weight excluding hydrogens is 477 g/mol. The van der Waals surface area contributed by atoms with Crippen LogP contribution in [-0.2, 0) is 0 Å². The molecule has 3 atom stereocenters. The molecule has 0 heterocycles. The second kappa shape index (κ2) is 31.9. The molecule has 0 aromatic heterocycles. The van der Waals surface area contributed by atoms with Crippen LogP contribution in [0.3, 0.4) is 0 Å². The molecular formula is C30H64BN3O4. The first-order valence-corrected chi connectivity index (χ1v) is 15.1. The molecule has 8 heteroatoms. The Labute approximate surface area is 236 Å². The second-order valence-corrected chi connectivity index (χ2v) is 9.87. The highest BCUT2D eigenvalue weighted by Gasteiger charge is 2.12. The molecule has 3 unspecified atom stereocenters. The van der Waals surface area contributed by atoms with Crippen molar-refractivity contribution in [3.05, 3.63) is 24.3 Å². The Morgan fingerprint density at radius 3 is 1.24 bits per heavy atom. The number of para-hydroxylation sites is 2. The summed E-state index contributed by atoms with van der Waals surface area (Å²) in [6.45, 7) is 15.9. The molecule has 0 saturated carbocycles. The summed E-state index contributed by atoms with van der Waals surface area (Å²) in [5.41, 5.74) is 16.6. The van der Waals surface area contributed by atoms with Gasteiger partial charge in [0.05, 0.1) is 0 Å². The molecule has 38 heavy (non-hydrogen) atoms. The van der Waals surface area contributed by atoms with Gasteiger partial charge in [-0.15, -0.1) is 0 Å². The molecule has 1 aromatic carbocycles. The van der Waals surface area contributed by atoms with Crippen LogP contribution in [0.4, 0.5) is 0 Å². The fraction of sp³-hybridized carbons (Fsp3) is 0.800. The van der Waals surface area contributed by atoms with Crippen LogP contribution in [0.5, 0.6) is 11.5 Å². The summed E-state index contributed by atoms with van der Waals surface area (Å²) in [7, 11) is -1.90. The van der Waals surface area contributed by atoms with E-state index in [-0.39, 0.29) is 11.5 Å². The topological polar surface area (TPSA) is 148 Å². The Morgan fingerprint density at radius 1 is 0.658 bits per heavy atom. The first-order chi connectivity index (χ1) is 18.2. The van der Waals surface area contributed by atoms with Gasteiger partial charge in [-0.25, -0.2) is 0 Å². The summed E-state index contributed by atoms with van der Waals surface area (Å²) in [6.07, 6.45) is 15.6. The molecule has 1 aromatic rings. The third-order valence-corrected chi connectivity index (χ3v) is 6.73. The van der Waals surface area contributed by atoms with Crippen LogP contribution >= 0.6 is 0 Å². The smallest absolute Gasteiger partial charge is 0.509 e. The van der Waals surface area contributed by atoms with E-state index in [0.717, 1.165) is 37.4 Å². The fourth-order valence-electron chi connectivity index (χ4n) is 3.61. The molecule has 7 nitrogen and oxygen atoms in total. The van der Waals surface area contributed by atoms with Gasteiger partial charge in [-0.3, -0.25) is 0 Å². The predicted molar refractivity (Wildman–Crippen MR) is 166 cm³/mol. The van der Waals surface area contributed by atoms with E-state index >= 15 is 0 Å². The Hall–Kier alpha value is -1.32. The molecule has 9 N–H and O–H groups in total. The van der Waals surface area contributed by atoms with Gasteiger partial charge in [0.1, 0.15) is 5.75 Å². The Kier molecular flexibility index (Phi) is 34.6. The molecule has 1 rings (SSSR count). The van der Waals surface area contributed by atoms with Crippen LogP contribution in [0, 0.1) is 17.8 Å². The maximum atomic E-state index is 9.01. The van der Waals surface area contributed by atoms with E-state index in [0.29, 0.717) is 0 Å². The summed E-state index contributed by atoms with van der Waals surface area (Å²) < 4.78 is 4.41. The molecule has 0 bridgehead atoms. The number of phenols is 1. The molecule has 0 aliphatic carbocycles. The van der Waals surface area contributed by atoms with Gasteiger partial charge < -0.3 is 37.0 Å². The van der Waals surface area contributed by atoms with Gasteiger partial charge in [0.25, 0.3) is 0 Å². The molecule has 226 valence electrons. The molecule has 0 spiro atoms. The third-order valence-electron chi connectivity index (χ3n) is 6.73. The lowest BCUT2D eigenvalue weighted by Gasteiger charge is -2.09. The van der Waals surface area contributed by atoms with Crippen molar-refractivity contribution in [2.45, 2.75) is 119 Å². The third kappa shape index (κ3) is 27.7. The molecule has 0 saturated heterocycles. The number of hydrogen-bond acceptors (Lipinski definition) is 7. The van der Waals surface area contributed by atoms with Crippen LogP contribution in [0.15, 0.2) is 24.3 Å². The summed E-state index contributed by atoms with van der Waals surface area (Å²) in [5.74, 6) is 2.27. The average molecular weight is 542 g/mol. The van der Waals surface area contributed by atoms with Gasteiger partial charge in [0, 0.05) is 0 Å². The quantitative estimate of drug-likeness (QED) is 0.128. The minimum Gasteiger partial charge on any atom is -0.509 e. The van der Waals surface area contributed by atoms with E-state index in [1.807, 2.05) is 0 Å². The predicted octanol–water partition coefficient (Wildman–Crippen LogP) is 6.23. The van der Waals surface area contributed by atoms with Crippen molar-refractivity contribution in [1.82, 2.24) is 0 Å². The number of aromatic hydroxyl groups is 1. The lowest BCUT2D eigenvalue weighted by Crippen LogP contribution is -2.20. The highest BCUT2D eigenvalue weighted by atomic mass is 16.6. The number of rotatable bonds is 17. The summed E-state index contributed by atoms with van der Waals surface area (Å²) in [6, 6.07) is 6.02. The van der Waals surface area contributed by atoms with E-state index in [1.165, 1.54) is 89.2 Å². The highest BCUT2D eigenvalue weighted by Crippen LogP contribution is 2.24. The van der Waals surface area contributed by atoms with Crippen molar-refractivity contribution in [3.8, 4) is 11.5 Å². The van der Waals surface area contributed by atoms with Gasteiger partial charge in [-0.05, 0) is 68.8 Å².